The first kappa shape index (κ1) is 29.0. The van der Waals surface area contributed by atoms with Crippen molar-refractivity contribution < 1.29 is 0 Å². The zero-order valence-corrected chi connectivity index (χ0v) is 27.9. The Bertz CT molecular complexity index is 2690. The third-order valence-corrected chi connectivity index (χ3v) is 11.1. The second-order valence-corrected chi connectivity index (χ2v) is 13.9. The summed E-state index contributed by atoms with van der Waals surface area (Å²) in [4.78, 5) is 5.28. The average molecular weight is 661 g/mol. The van der Waals surface area contributed by atoms with Crippen LogP contribution >= 0.6 is 11.3 Å². The molecule has 2 aromatic heterocycles. The Hall–Kier alpha value is -6.01. The summed E-state index contributed by atoms with van der Waals surface area (Å²) >= 11 is 1.86. The van der Waals surface area contributed by atoms with Crippen molar-refractivity contribution in [1.82, 2.24) is 15.2 Å². The lowest BCUT2D eigenvalue weighted by atomic mass is 10.0. The number of amidine groups is 1. The molecule has 3 heterocycles. The van der Waals surface area contributed by atoms with Crippen LogP contribution in [0.1, 0.15) is 29.0 Å². The van der Waals surface area contributed by atoms with E-state index in [1.165, 1.54) is 47.5 Å². The third kappa shape index (κ3) is 4.82. The maximum atomic E-state index is 5.28. The molecule has 0 fully saturated rings. The summed E-state index contributed by atoms with van der Waals surface area (Å²) in [6, 6.07) is 60.8. The summed E-state index contributed by atoms with van der Waals surface area (Å²) in [5.41, 5.74) is 9.28. The molecule has 2 atom stereocenters. The molecule has 1 aliphatic rings. The van der Waals surface area contributed by atoms with Crippen molar-refractivity contribution in [2.45, 2.75) is 12.3 Å². The van der Waals surface area contributed by atoms with Crippen LogP contribution < -0.4 is 10.6 Å². The van der Waals surface area contributed by atoms with E-state index in [1.54, 1.807) is 0 Å². The smallest absolute Gasteiger partial charge is 0.131 e. The number of fused-ring (bicyclic) bond motifs is 6. The molecule has 50 heavy (non-hydrogen) atoms. The van der Waals surface area contributed by atoms with Crippen LogP contribution in [0.5, 0.6) is 0 Å². The molecule has 4 nitrogen and oxygen atoms in total. The second-order valence-electron chi connectivity index (χ2n) is 12.9. The molecule has 9 aromatic rings. The van der Waals surface area contributed by atoms with Crippen molar-refractivity contribution in [3.05, 3.63) is 187 Å². The number of rotatable bonds is 5. The molecule has 2 unspecified atom stereocenters. The van der Waals surface area contributed by atoms with Crippen LogP contribution in [0.2, 0.25) is 0 Å². The number of nitrogens with one attached hydrogen (secondary N) is 2. The van der Waals surface area contributed by atoms with Gasteiger partial charge in [-0.2, -0.15) is 0 Å². The van der Waals surface area contributed by atoms with Crippen LogP contribution in [0.25, 0.3) is 58.8 Å². The third-order valence-electron chi connectivity index (χ3n) is 9.88. The molecule has 0 saturated carbocycles. The summed E-state index contributed by atoms with van der Waals surface area (Å²) in [6.07, 6.45) is -0.337. The van der Waals surface area contributed by atoms with Gasteiger partial charge in [-0.05, 0) is 53.1 Å². The minimum atomic E-state index is -0.204. The molecular weight excluding hydrogens is 629 g/mol. The lowest BCUT2D eigenvalue weighted by molar-refractivity contribution is 0.411. The fourth-order valence-corrected chi connectivity index (χ4v) is 8.79. The van der Waals surface area contributed by atoms with Gasteiger partial charge in [-0.15, -0.1) is 11.3 Å². The summed E-state index contributed by atoms with van der Waals surface area (Å²) in [5, 5.41) is 12.8. The maximum Gasteiger partial charge on any atom is 0.131 e. The van der Waals surface area contributed by atoms with Gasteiger partial charge in [-0.1, -0.05) is 133 Å². The molecule has 0 amide bonds. The van der Waals surface area contributed by atoms with E-state index < -0.39 is 0 Å². The molecule has 7 aromatic carbocycles. The molecule has 10 rings (SSSR count). The summed E-state index contributed by atoms with van der Waals surface area (Å²) in [7, 11) is 0. The van der Waals surface area contributed by atoms with Gasteiger partial charge in [-0.25, -0.2) is 4.99 Å². The first-order valence-electron chi connectivity index (χ1n) is 17.0. The second kappa shape index (κ2) is 11.8. The van der Waals surface area contributed by atoms with Gasteiger partial charge < -0.3 is 9.88 Å². The normalized spacial score (nSPS) is 16.2. The Morgan fingerprint density at radius 3 is 1.94 bits per heavy atom. The van der Waals surface area contributed by atoms with Gasteiger partial charge in [0.2, 0.25) is 0 Å². The Labute approximate surface area is 294 Å². The van der Waals surface area contributed by atoms with E-state index in [-0.39, 0.29) is 12.3 Å². The summed E-state index contributed by atoms with van der Waals surface area (Å²) < 4.78 is 4.97. The van der Waals surface area contributed by atoms with Crippen molar-refractivity contribution in [3.8, 4) is 16.8 Å². The van der Waals surface area contributed by atoms with Crippen LogP contribution in [0.15, 0.2) is 175 Å². The number of benzene rings is 7. The van der Waals surface area contributed by atoms with Gasteiger partial charge in [0, 0.05) is 47.8 Å². The fraction of sp³-hybridized carbons (Fsp3) is 0.0444. The molecule has 0 radical (unpaired) electrons. The van der Waals surface area contributed by atoms with Gasteiger partial charge >= 0.3 is 0 Å². The van der Waals surface area contributed by atoms with E-state index in [2.05, 4.69) is 185 Å². The number of thiophene rings is 1. The van der Waals surface area contributed by atoms with E-state index in [0.29, 0.717) is 0 Å². The Balaban J connectivity index is 1.06. The van der Waals surface area contributed by atoms with Gasteiger partial charge in [0.15, 0.2) is 0 Å². The van der Waals surface area contributed by atoms with Gasteiger partial charge in [0.1, 0.15) is 18.2 Å². The largest absolute Gasteiger partial charge is 0.350 e. The van der Waals surface area contributed by atoms with E-state index >= 15 is 0 Å². The van der Waals surface area contributed by atoms with Crippen LogP contribution in [-0.4, -0.2) is 10.4 Å². The van der Waals surface area contributed by atoms with Crippen molar-refractivity contribution in [1.29, 1.82) is 0 Å². The highest BCUT2D eigenvalue weighted by Gasteiger charge is 2.27. The lowest BCUT2D eigenvalue weighted by Crippen LogP contribution is -2.45. The maximum absolute atomic E-state index is 5.28. The highest BCUT2D eigenvalue weighted by Crippen LogP contribution is 2.39. The highest BCUT2D eigenvalue weighted by atomic mass is 32.1. The highest BCUT2D eigenvalue weighted by molar-refractivity contribution is 7.26. The number of nitrogens with zero attached hydrogens (tertiary/aromatic N) is 2. The van der Waals surface area contributed by atoms with Crippen LogP contribution in [0, 0.1) is 0 Å². The average Bonchev–Trinajstić information content (AvgIpc) is 3.74. The first-order chi connectivity index (χ1) is 24.8. The van der Waals surface area contributed by atoms with Crippen molar-refractivity contribution in [3.63, 3.8) is 0 Å². The lowest BCUT2D eigenvalue weighted by Gasteiger charge is -2.32. The number of para-hydroxylation sites is 2. The van der Waals surface area contributed by atoms with Crippen molar-refractivity contribution in [2.24, 2.45) is 4.99 Å². The topological polar surface area (TPSA) is 41.4 Å². The van der Waals surface area contributed by atoms with E-state index in [1.807, 2.05) is 11.3 Å². The van der Waals surface area contributed by atoms with Crippen LogP contribution in [0.4, 0.5) is 0 Å². The molecule has 238 valence electrons. The van der Waals surface area contributed by atoms with Crippen molar-refractivity contribution >= 4 is 59.2 Å². The van der Waals surface area contributed by atoms with E-state index in [9.17, 15) is 0 Å². The fourth-order valence-electron chi connectivity index (χ4n) is 7.54. The Morgan fingerprint density at radius 1 is 0.520 bits per heavy atom. The van der Waals surface area contributed by atoms with Gasteiger partial charge in [0.05, 0.1) is 11.0 Å². The molecule has 2 N–H and O–H groups in total. The zero-order valence-electron chi connectivity index (χ0n) is 27.1. The van der Waals surface area contributed by atoms with E-state index in [4.69, 9.17) is 4.99 Å². The SMILES string of the molecule is c1ccc(C2N=C(c3cccc(-c4cccc(-n5c6ccccc6c6ccccc65)c4)c3)NC(c3cccc4c3sc3ccccc34)N2)cc1. The predicted octanol–water partition coefficient (Wildman–Crippen LogP) is 11.2. The number of hydrogen-bond donors (Lipinski definition) is 2. The zero-order chi connectivity index (χ0) is 33.0. The standard InChI is InChI=1S/C45H32N4S/c1-2-13-29(14-3-1)43-46-44(48-45(47-43)38-23-12-22-37-36-21-6-9-26-41(36)50-42(37)38)32-17-10-15-30(27-32)31-16-11-18-33(28-31)49-39-24-7-4-19-34(39)35-20-5-8-25-40(35)49/h1-28,43,45,47H,(H,46,48). The van der Waals surface area contributed by atoms with Gasteiger partial charge in [0.25, 0.3) is 0 Å². The quantitative estimate of drug-likeness (QED) is 0.193. The number of hydrogen-bond acceptors (Lipinski definition) is 4. The Morgan fingerprint density at radius 2 is 1.14 bits per heavy atom. The van der Waals surface area contributed by atoms with Gasteiger partial charge in [-0.3, -0.25) is 5.32 Å². The first-order valence-corrected chi connectivity index (χ1v) is 17.9. The molecule has 1 aliphatic heterocycles. The minimum absolute atomic E-state index is 0.133. The minimum Gasteiger partial charge on any atom is -0.350 e. The summed E-state index contributed by atoms with van der Waals surface area (Å²) in [6.45, 7) is 0. The molecule has 5 heteroatoms. The molecule has 0 saturated heterocycles. The number of aromatic nitrogens is 1. The van der Waals surface area contributed by atoms with Crippen molar-refractivity contribution in [2.75, 3.05) is 0 Å². The Kier molecular flexibility index (Phi) is 6.86. The van der Waals surface area contributed by atoms with Crippen LogP contribution in [0.3, 0.4) is 0 Å². The van der Waals surface area contributed by atoms with E-state index in [0.717, 1.165) is 33.8 Å². The monoisotopic (exact) mass is 660 g/mol. The molecule has 0 aliphatic carbocycles. The molecule has 0 spiro atoms. The van der Waals surface area contributed by atoms with Crippen LogP contribution in [-0.2, 0) is 0 Å². The number of aliphatic imine (C=N–C) groups is 1. The summed E-state index contributed by atoms with van der Waals surface area (Å²) in [5.74, 6) is 0.876. The predicted molar refractivity (Wildman–Crippen MR) is 210 cm³/mol. The molecule has 0 bridgehead atoms. The molecular formula is C45H32N4S.